The van der Waals surface area contributed by atoms with Gasteiger partial charge in [0.05, 0.1) is 14.2 Å². The van der Waals surface area contributed by atoms with Gasteiger partial charge in [-0.15, -0.1) is 12.4 Å². The van der Waals surface area contributed by atoms with Crippen molar-refractivity contribution in [2.24, 2.45) is 0 Å². The third-order valence-electron chi connectivity index (χ3n) is 5.70. The van der Waals surface area contributed by atoms with Crippen LogP contribution < -0.4 is 9.47 Å². The molecule has 28 heavy (non-hydrogen) atoms. The van der Waals surface area contributed by atoms with Crippen molar-refractivity contribution in [3.05, 3.63) is 52.1 Å². The summed E-state index contributed by atoms with van der Waals surface area (Å²) in [5, 5.41) is 10.3. The van der Waals surface area contributed by atoms with E-state index in [1.54, 1.807) is 14.2 Å². The summed E-state index contributed by atoms with van der Waals surface area (Å²) in [4.78, 5) is 2.36. The maximum absolute atomic E-state index is 10.3. The van der Waals surface area contributed by atoms with E-state index in [9.17, 15) is 5.11 Å². The molecule has 0 aromatic heterocycles. The van der Waals surface area contributed by atoms with Crippen LogP contribution in [0.25, 0.3) is 0 Å². The standard InChI is InChI=1S/C23H31NO3.ClH/c1-6-7-17-12-23(27-5)18(13-22(17)26-4)11-20-19-14-21(25)15(2)10-16(19)8-9-24(20)3;/h10,12-14,20,25H,6-9,11H2,1-5H3;1H. The van der Waals surface area contributed by atoms with Gasteiger partial charge in [0.1, 0.15) is 17.2 Å². The summed E-state index contributed by atoms with van der Waals surface area (Å²) >= 11 is 0. The molecule has 0 saturated carbocycles. The number of benzene rings is 2. The molecule has 0 amide bonds. The molecule has 0 aliphatic carbocycles. The minimum atomic E-state index is 0. The van der Waals surface area contributed by atoms with Crippen LogP contribution in [0.3, 0.4) is 0 Å². The SMILES string of the molecule is CCCc1cc(OC)c(CC2c3cc(O)c(C)cc3CCN2C)cc1OC.Cl. The monoisotopic (exact) mass is 405 g/mol. The van der Waals surface area contributed by atoms with Gasteiger partial charge in [-0.05, 0) is 79.3 Å². The summed E-state index contributed by atoms with van der Waals surface area (Å²) in [5.41, 5.74) is 5.82. The van der Waals surface area contributed by atoms with Crippen LogP contribution in [0.15, 0.2) is 24.3 Å². The van der Waals surface area contributed by atoms with Crippen LogP contribution in [0.1, 0.15) is 47.2 Å². The van der Waals surface area contributed by atoms with Crippen LogP contribution in [0, 0.1) is 6.92 Å². The number of hydrogen-bond donors (Lipinski definition) is 1. The number of methoxy groups -OCH3 is 2. The van der Waals surface area contributed by atoms with Gasteiger partial charge in [0, 0.05) is 12.6 Å². The van der Waals surface area contributed by atoms with Gasteiger partial charge >= 0.3 is 0 Å². The highest BCUT2D eigenvalue weighted by molar-refractivity contribution is 5.85. The van der Waals surface area contributed by atoms with Crippen LogP contribution in [-0.2, 0) is 19.3 Å². The molecule has 0 saturated heterocycles. The first-order valence-corrected chi connectivity index (χ1v) is 9.74. The van der Waals surface area contributed by atoms with Crippen molar-refractivity contribution in [1.29, 1.82) is 0 Å². The average molecular weight is 406 g/mol. The Balaban J connectivity index is 0.00000280. The largest absolute Gasteiger partial charge is 0.508 e. The average Bonchev–Trinajstić information content (AvgIpc) is 2.66. The molecule has 3 rings (SSSR count). The molecular formula is C23H32ClNO3. The van der Waals surface area contributed by atoms with E-state index in [0.717, 1.165) is 54.9 Å². The fourth-order valence-electron chi connectivity index (χ4n) is 4.11. The summed E-state index contributed by atoms with van der Waals surface area (Å²) in [6.07, 6.45) is 3.87. The molecule has 0 fully saturated rings. The van der Waals surface area contributed by atoms with Crippen molar-refractivity contribution < 1.29 is 14.6 Å². The first-order chi connectivity index (χ1) is 13.0. The molecule has 1 heterocycles. The molecule has 154 valence electrons. The number of likely N-dealkylation sites (N-methyl/N-ethyl adjacent to an activating group) is 1. The highest BCUT2D eigenvalue weighted by Gasteiger charge is 2.27. The second-order valence-corrected chi connectivity index (χ2v) is 7.51. The second-order valence-electron chi connectivity index (χ2n) is 7.51. The van der Waals surface area contributed by atoms with Crippen molar-refractivity contribution in [2.75, 3.05) is 27.8 Å². The van der Waals surface area contributed by atoms with E-state index in [-0.39, 0.29) is 18.4 Å². The molecule has 1 atom stereocenters. The fraction of sp³-hybridized carbons (Fsp3) is 0.478. The molecule has 1 aliphatic rings. The van der Waals surface area contributed by atoms with Gasteiger partial charge < -0.3 is 14.6 Å². The molecule has 1 N–H and O–H groups in total. The van der Waals surface area contributed by atoms with E-state index in [1.165, 1.54) is 16.7 Å². The summed E-state index contributed by atoms with van der Waals surface area (Å²) in [5.74, 6) is 2.21. The quantitative estimate of drug-likeness (QED) is 0.744. The zero-order valence-electron chi connectivity index (χ0n) is 17.5. The second kappa shape index (κ2) is 9.53. The minimum Gasteiger partial charge on any atom is -0.508 e. The van der Waals surface area contributed by atoms with Crippen molar-refractivity contribution >= 4 is 12.4 Å². The summed E-state index contributed by atoms with van der Waals surface area (Å²) in [6.45, 7) is 5.14. The Morgan fingerprint density at radius 3 is 2.36 bits per heavy atom. The fourth-order valence-corrected chi connectivity index (χ4v) is 4.11. The number of phenols is 1. The summed E-state index contributed by atoms with van der Waals surface area (Å²) in [7, 11) is 5.61. The number of aromatic hydroxyl groups is 1. The lowest BCUT2D eigenvalue weighted by molar-refractivity contribution is 0.227. The number of phenolic OH excluding ortho intramolecular Hbond substituents is 1. The van der Waals surface area contributed by atoms with Crippen molar-refractivity contribution in [3.63, 3.8) is 0 Å². The molecule has 4 nitrogen and oxygen atoms in total. The zero-order valence-corrected chi connectivity index (χ0v) is 18.4. The number of nitrogens with zero attached hydrogens (tertiary/aromatic N) is 1. The van der Waals surface area contributed by atoms with E-state index < -0.39 is 0 Å². The summed E-state index contributed by atoms with van der Waals surface area (Å²) < 4.78 is 11.4. The predicted octanol–water partition coefficient (Wildman–Crippen LogP) is 4.86. The van der Waals surface area contributed by atoms with E-state index in [0.29, 0.717) is 5.75 Å². The highest BCUT2D eigenvalue weighted by Crippen LogP contribution is 2.38. The molecule has 2 aromatic rings. The number of ether oxygens (including phenoxy) is 2. The van der Waals surface area contributed by atoms with Crippen LogP contribution in [0.4, 0.5) is 0 Å². The van der Waals surface area contributed by atoms with Gasteiger partial charge in [-0.1, -0.05) is 19.4 Å². The zero-order chi connectivity index (χ0) is 19.6. The molecule has 0 bridgehead atoms. The number of halogens is 1. The van der Waals surface area contributed by atoms with Gasteiger partial charge in [0.2, 0.25) is 0 Å². The molecular weight excluding hydrogens is 374 g/mol. The van der Waals surface area contributed by atoms with Gasteiger partial charge in [0.15, 0.2) is 0 Å². The Morgan fingerprint density at radius 1 is 1.07 bits per heavy atom. The number of rotatable bonds is 6. The van der Waals surface area contributed by atoms with Crippen LogP contribution in [0.5, 0.6) is 17.2 Å². The van der Waals surface area contributed by atoms with Gasteiger partial charge in [-0.2, -0.15) is 0 Å². The molecule has 1 aliphatic heterocycles. The Morgan fingerprint density at radius 2 is 1.71 bits per heavy atom. The first kappa shape index (κ1) is 22.4. The van der Waals surface area contributed by atoms with Crippen molar-refractivity contribution in [1.82, 2.24) is 4.90 Å². The molecule has 2 aromatic carbocycles. The van der Waals surface area contributed by atoms with E-state index >= 15 is 0 Å². The number of hydrogen-bond acceptors (Lipinski definition) is 4. The maximum atomic E-state index is 10.3. The van der Waals surface area contributed by atoms with E-state index in [2.05, 4.69) is 37.1 Å². The van der Waals surface area contributed by atoms with E-state index in [4.69, 9.17) is 9.47 Å². The lowest BCUT2D eigenvalue weighted by Gasteiger charge is -2.35. The van der Waals surface area contributed by atoms with Gasteiger partial charge in [-0.3, -0.25) is 4.90 Å². The van der Waals surface area contributed by atoms with Crippen LogP contribution >= 0.6 is 12.4 Å². The van der Waals surface area contributed by atoms with Gasteiger partial charge in [-0.25, -0.2) is 0 Å². The van der Waals surface area contributed by atoms with Gasteiger partial charge in [0.25, 0.3) is 0 Å². The Bertz CT molecular complexity index is 822. The Hall–Kier alpha value is -1.91. The predicted molar refractivity (Wildman–Crippen MR) is 116 cm³/mol. The minimum absolute atomic E-state index is 0. The number of aryl methyl sites for hydroxylation is 2. The maximum Gasteiger partial charge on any atom is 0.122 e. The third kappa shape index (κ3) is 4.39. The van der Waals surface area contributed by atoms with E-state index in [1.807, 2.05) is 13.0 Å². The Kier molecular flexibility index (Phi) is 7.62. The Labute approximate surface area is 174 Å². The van der Waals surface area contributed by atoms with Crippen molar-refractivity contribution in [3.8, 4) is 17.2 Å². The topological polar surface area (TPSA) is 41.9 Å². The molecule has 0 radical (unpaired) electrons. The lowest BCUT2D eigenvalue weighted by Crippen LogP contribution is -2.33. The number of fused-ring (bicyclic) bond motifs is 1. The lowest BCUT2D eigenvalue weighted by atomic mass is 9.87. The highest BCUT2D eigenvalue weighted by atomic mass is 35.5. The third-order valence-corrected chi connectivity index (χ3v) is 5.70. The molecule has 1 unspecified atom stereocenters. The molecule has 5 heteroatoms. The normalized spacial score (nSPS) is 16.2. The van der Waals surface area contributed by atoms with Crippen LogP contribution in [-0.4, -0.2) is 37.8 Å². The van der Waals surface area contributed by atoms with Crippen LogP contribution in [0.2, 0.25) is 0 Å². The first-order valence-electron chi connectivity index (χ1n) is 9.74. The van der Waals surface area contributed by atoms with Crippen molar-refractivity contribution in [2.45, 2.75) is 45.6 Å². The summed E-state index contributed by atoms with van der Waals surface area (Å²) in [6, 6.07) is 8.52. The smallest absolute Gasteiger partial charge is 0.122 e. The molecule has 0 spiro atoms.